The molecule has 2 rings (SSSR count). The first-order valence-electron chi connectivity index (χ1n) is 7.57. The van der Waals surface area contributed by atoms with Crippen LogP contribution < -0.4 is 10.1 Å². The van der Waals surface area contributed by atoms with E-state index in [4.69, 9.17) is 4.74 Å². The van der Waals surface area contributed by atoms with E-state index in [1.165, 1.54) is 12.1 Å². The maximum Gasteiger partial charge on any atom is 0.416 e. The monoisotopic (exact) mass is 353 g/mol. The van der Waals surface area contributed by atoms with Gasteiger partial charge in [-0.15, -0.1) is 0 Å². The van der Waals surface area contributed by atoms with Gasteiger partial charge < -0.3 is 15.2 Å². The molecule has 1 amide bonds. The van der Waals surface area contributed by atoms with Crippen LogP contribution in [-0.4, -0.2) is 24.2 Å². The molecule has 4 nitrogen and oxygen atoms in total. The third-order valence-corrected chi connectivity index (χ3v) is 3.57. The Morgan fingerprint density at radius 2 is 1.80 bits per heavy atom. The highest BCUT2D eigenvalue weighted by Gasteiger charge is 2.30. The number of rotatable bonds is 6. The summed E-state index contributed by atoms with van der Waals surface area (Å²) in [6.07, 6.45) is -5.53. The molecule has 134 valence electrons. The zero-order chi connectivity index (χ0) is 18.4. The molecule has 0 saturated heterocycles. The second-order valence-corrected chi connectivity index (χ2v) is 5.49. The van der Waals surface area contributed by atoms with Crippen LogP contribution in [0.4, 0.5) is 13.2 Å². The second kappa shape index (κ2) is 8.02. The fourth-order valence-electron chi connectivity index (χ4n) is 2.14. The summed E-state index contributed by atoms with van der Waals surface area (Å²) in [7, 11) is 0. The number of hydrogen-bond donors (Lipinski definition) is 2. The molecule has 25 heavy (non-hydrogen) atoms. The first kappa shape index (κ1) is 18.8. The first-order valence-corrected chi connectivity index (χ1v) is 7.57. The van der Waals surface area contributed by atoms with Crippen LogP contribution >= 0.6 is 0 Å². The van der Waals surface area contributed by atoms with Gasteiger partial charge in [-0.2, -0.15) is 13.2 Å². The lowest BCUT2D eigenvalue weighted by molar-refractivity contribution is -0.137. The van der Waals surface area contributed by atoms with Crippen LogP contribution in [0.25, 0.3) is 0 Å². The Morgan fingerprint density at radius 1 is 1.16 bits per heavy atom. The normalized spacial score (nSPS) is 12.5. The van der Waals surface area contributed by atoms with Crippen LogP contribution in [0, 0.1) is 6.92 Å². The number of aliphatic hydroxyl groups excluding tert-OH is 1. The Labute approximate surface area is 143 Å². The van der Waals surface area contributed by atoms with Gasteiger partial charge in [0.1, 0.15) is 5.75 Å². The van der Waals surface area contributed by atoms with Crippen molar-refractivity contribution in [3.05, 3.63) is 65.2 Å². The number of halogens is 3. The molecule has 0 aliphatic carbocycles. The van der Waals surface area contributed by atoms with E-state index in [0.29, 0.717) is 5.75 Å². The van der Waals surface area contributed by atoms with E-state index in [9.17, 15) is 23.1 Å². The van der Waals surface area contributed by atoms with Crippen LogP contribution in [0.15, 0.2) is 48.5 Å². The van der Waals surface area contributed by atoms with E-state index in [2.05, 4.69) is 5.32 Å². The molecular formula is C18H18F3NO3. The van der Waals surface area contributed by atoms with Gasteiger partial charge in [-0.1, -0.05) is 30.3 Å². The molecule has 0 spiro atoms. The van der Waals surface area contributed by atoms with E-state index < -0.39 is 23.8 Å². The Morgan fingerprint density at radius 3 is 2.40 bits per heavy atom. The summed E-state index contributed by atoms with van der Waals surface area (Å²) in [4.78, 5) is 11.8. The molecule has 2 aromatic carbocycles. The molecule has 7 heteroatoms. The van der Waals surface area contributed by atoms with Crippen molar-refractivity contribution >= 4 is 5.91 Å². The number of aliphatic hydroxyl groups is 1. The Bertz CT molecular complexity index is 714. The maximum atomic E-state index is 12.5. The first-order chi connectivity index (χ1) is 11.8. The highest BCUT2D eigenvalue weighted by atomic mass is 19.4. The van der Waals surface area contributed by atoms with E-state index in [1.54, 1.807) is 12.1 Å². The lowest BCUT2D eigenvalue weighted by Crippen LogP contribution is -2.32. The van der Waals surface area contributed by atoms with Crippen LogP contribution in [0.5, 0.6) is 5.75 Å². The van der Waals surface area contributed by atoms with Gasteiger partial charge in [0.25, 0.3) is 5.91 Å². The number of aryl methyl sites for hydroxylation is 1. The third kappa shape index (κ3) is 5.49. The van der Waals surface area contributed by atoms with Crippen LogP contribution in [-0.2, 0) is 11.0 Å². The second-order valence-electron chi connectivity index (χ2n) is 5.49. The van der Waals surface area contributed by atoms with E-state index >= 15 is 0 Å². The number of nitrogens with one attached hydrogen (secondary N) is 1. The summed E-state index contributed by atoms with van der Waals surface area (Å²) < 4.78 is 42.9. The van der Waals surface area contributed by atoms with Crippen molar-refractivity contribution in [2.24, 2.45) is 0 Å². The van der Waals surface area contributed by atoms with Gasteiger partial charge in [0, 0.05) is 6.54 Å². The summed E-state index contributed by atoms with van der Waals surface area (Å²) in [6.45, 7) is 1.51. The molecule has 0 radical (unpaired) electrons. The Balaban J connectivity index is 1.82. The number of alkyl halides is 3. The van der Waals surface area contributed by atoms with Gasteiger partial charge in [0.05, 0.1) is 11.7 Å². The van der Waals surface area contributed by atoms with E-state index in [-0.39, 0.29) is 18.7 Å². The standard InChI is InChI=1S/C18H18F3NO3/c1-12-4-2-3-5-16(12)25-11-17(24)22-10-15(23)13-6-8-14(9-7-13)18(19,20)21/h2-9,15,23H,10-11H2,1H3,(H,22,24). The number of para-hydroxylation sites is 1. The number of carbonyl (C=O) groups excluding carboxylic acids is 1. The minimum Gasteiger partial charge on any atom is -0.484 e. The van der Waals surface area contributed by atoms with Crippen molar-refractivity contribution in [2.45, 2.75) is 19.2 Å². The predicted molar refractivity (Wildman–Crippen MR) is 86.1 cm³/mol. The summed E-state index contributed by atoms with van der Waals surface area (Å²) in [5.41, 5.74) is 0.382. The summed E-state index contributed by atoms with van der Waals surface area (Å²) >= 11 is 0. The fourth-order valence-corrected chi connectivity index (χ4v) is 2.14. The molecule has 0 heterocycles. The number of amides is 1. The molecule has 2 N–H and O–H groups in total. The quantitative estimate of drug-likeness (QED) is 0.838. The van der Waals surface area contributed by atoms with Crippen molar-refractivity contribution in [1.82, 2.24) is 5.32 Å². The third-order valence-electron chi connectivity index (χ3n) is 3.57. The zero-order valence-corrected chi connectivity index (χ0v) is 13.5. The van der Waals surface area contributed by atoms with Gasteiger partial charge in [-0.25, -0.2) is 0 Å². The fraction of sp³-hybridized carbons (Fsp3) is 0.278. The van der Waals surface area contributed by atoms with Crippen LogP contribution in [0.1, 0.15) is 22.8 Å². The van der Waals surface area contributed by atoms with Crippen molar-refractivity contribution in [1.29, 1.82) is 0 Å². The molecule has 1 unspecified atom stereocenters. The molecule has 0 fully saturated rings. The van der Waals surface area contributed by atoms with Gasteiger partial charge in [-0.3, -0.25) is 4.79 Å². The molecule has 0 saturated carbocycles. The molecule has 0 aromatic heterocycles. The zero-order valence-electron chi connectivity index (χ0n) is 13.5. The van der Waals surface area contributed by atoms with Crippen LogP contribution in [0.3, 0.4) is 0 Å². The van der Waals surface area contributed by atoms with Gasteiger partial charge in [0.15, 0.2) is 6.61 Å². The van der Waals surface area contributed by atoms with Crippen LogP contribution in [0.2, 0.25) is 0 Å². The van der Waals surface area contributed by atoms with E-state index in [1.807, 2.05) is 19.1 Å². The smallest absolute Gasteiger partial charge is 0.416 e. The number of benzene rings is 2. The molecule has 0 aliphatic heterocycles. The lowest BCUT2D eigenvalue weighted by atomic mass is 10.1. The minimum absolute atomic E-state index is 0.124. The van der Waals surface area contributed by atoms with Crippen molar-refractivity contribution < 1.29 is 27.8 Å². The number of hydrogen-bond acceptors (Lipinski definition) is 3. The van der Waals surface area contributed by atoms with Gasteiger partial charge in [0.2, 0.25) is 0 Å². The lowest BCUT2D eigenvalue weighted by Gasteiger charge is -2.14. The van der Waals surface area contributed by atoms with Gasteiger partial charge in [-0.05, 0) is 36.2 Å². The molecule has 1 atom stereocenters. The average Bonchev–Trinajstić information content (AvgIpc) is 2.58. The van der Waals surface area contributed by atoms with Crippen molar-refractivity contribution in [3.63, 3.8) is 0 Å². The highest BCUT2D eigenvalue weighted by molar-refractivity contribution is 5.77. The van der Waals surface area contributed by atoms with Gasteiger partial charge >= 0.3 is 6.18 Å². The number of ether oxygens (including phenoxy) is 1. The largest absolute Gasteiger partial charge is 0.484 e. The topological polar surface area (TPSA) is 58.6 Å². The Hall–Kier alpha value is -2.54. The summed E-state index contributed by atoms with van der Waals surface area (Å²) in [5, 5.41) is 12.4. The molecule has 0 bridgehead atoms. The number of carbonyl (C=O) groups is 1. The highest BCUT2D eigenvalue weighted by Crippen LogP contribution is 2.29. The summed E-state index contributed by atoms with van der Waals surface area (Å²) in [6, 6.07) is 11.4. The molecule has 0 aliphatic rings. The molecule has 2 aromatic rings. The SMILES string of the molecule is Cc1ccccc1OCC(=O)NCC(O)c1ccc(C(F)(F)F)cc1. The summed E-state index contributed by atoms with van der Waals surface area (Å²) in [5.74, 6) is 0.148. The maximum absolute atomic E-state index is 12.5. The minimum atomic E-state index is -4.43. The van der Waals surface area contributed by atoms with Crippen molar-refractivity contribution in [3.8, 4) is 5.75 Å². The average molecular weight is 353 g/mol. The predicted octanol–water partition coefficient (Wildman–Crippen LogP) is 3.24. The van der Waals surface area contributed by atoms with E-state index in [0.717, 1.165) is 17.7 Å². The molecular weight excluding hydrogens is 335 g/mol. The van der Waals surface area contributed by atoms with Crippen molar-refractivity contribution in [2.75, 3.05) is 13.2 Å². The Kier molecular flexibility index (Phi) is 6.03.